The first-order chi connectivity index (χ1) is 20.3. The van der Waals surface area contributed by atoms with Crippen molar-refractivity contribution in [2.75, 3.05) is 12.9 Å². The zero-order chi connectivity index (χ0) is 32.5. The topological polar surface area (TPSA) is 205 Å². The van der Waals surface area contributed by atoms with Crippen molar-refractivity contribution in [3.63, 3.8) is 0 Å². The summed E-state index contributed by atoms with van der Waals surface area (Å²) in [5.74, 6) is -3.66. The Morgan fingerprint density at radius 1 is 1.00 bits per heavy atom. The van der Waals surface area contributed by atoms with Crippen LogP contribution in [-0.4, -0.2) is 81.1 Å². The number of carboxylic acids is 2. The van der Waals surface area contributed by atoms with E-state index < -0.39 is 47.8 Å². The summed E-state index contributed by atoms with van der Waals surface area (Å²) in [7, 11) is 1.45. The number of benzene rings is 1. The summed E-state index contributed by atoms with van der Waals surface area (Å²) >= 11 is 1.37. The van der Waals surface area contributed by atoms with Gasteiger partial charge in [0.15, 0.2) is 11.5 Å². The number of aromatic hydroxyl groups is 1. The van der Waals surface area contributed by atoms with E-state index in [0.29, 0.717) is 12.2 Å². The van der Waals surface area contributed by atoms with Crippen LogP contribution in [0.4, 0.5) is 0 Å². The van der Waals surface area contributed by atoms with E-state index >= 15 is 0 Å². The van der Waals surface area contributed by atoms with Gasteiger partial charge in [0.2, 0.25) is 11.8 Å². The number of ketones is 1. The molecular weight excluding hydrogens is 578 g/mol. The van der Waals surface area contributed by atoms with Crippen molar-refractivity contribution in [3.8, 4) is 11.5 Å². The van der Waals surface area contributed by atoms with Crippen molar-refractivity contribution in [3.05, 3.63) is 23.8 Å². The highest BCUT2D eigenvalue weighted by Gasteiger charge is 2.29. The van der Waals surface area contributed by atoms with Crippen LogP contribution in [0.1, 0.15) is 77.7 Å². The molecule has 1 rings (SSSR count). The Balaban J connectivity index is 2.97. The molecule has 0 radical (unpaired) electrons. The maximum Gasteiger partial charge on any atom is 0.326 e. The molecule has 1 aromatic rings. The van der Waals surface area contributed by atoms with E-state index in [-0.39, 0.29) is 48.2 Å². The van der Waals surface area contributed by atoms with Gasteiger partial charge in [-0.2, -0.15) is 11.8 Å². The molecule has 0 aliphatic rings. The molecule has 7 N–H and O–H groups in total. The summed E-state index contributed by atoms with van der Waals surface area (Å²) in [6.07, 6.45) is 4.19. The molecule has 0 aliphatic carbocycles. The number of phenols is 1. The van der Waals surface area contributed by atoms with Gasteiger partial charge < -0.3 is 36.4 Å². The number of aliphatic carboxylic acids is 2. The molecule has 0 saturated carbocycles. The minimum Gasteiger partial charge on any atom is -0.504 e. The highest BCUT2D eigenvalue weighted by molar-refractivity contribution is 8.00. The summed E-state index contributed by atoms with van der Waals surface area (Å²) in [5.41, 5.74) is 6.34. The second kappa shape index (κ2) is 19.8. The van der Waals surface area contributed by atoms with E-state index in [2.05, 4.69) is 17.6 Å². The number of rotatable bonds is 22. The van der Waals surface area contributed by atoms with Crippen molar-refractivity contribution in [2.24, 2.45) is 11.7 Å². The molecule has 12 nitrogen and oxygen atoms in total. The van der Waals surface area contributed by atoms with Crippen LogP contribution in [0, 0.1) is 5.92 Å². The number of nitrogens with two attached hydrogens (primary N) is 1. The van der Waals surface area contributed by atoms with Crippen molar-refractivity contribution < 1.29 is 44.0 Å². The Bertz CT molecular complexity index is 1080. The van der Waals surface area contributed by atoms with Gasteiger partial charge in [0.1, 0.15) is 23.9 Å². The van der Waals surface area contributed by atoms with Crippen LogP contribution in [0.15, 0.2) is 18.2 Å². The number of nitrogens with one attached hydrogen (secondary N) is 2. The van der Waals surface area contributed by atoms with Crippen LogP contribution in [0.3, 0.4) is 0 Å². The van der Waals surface area contributed by atoms with Gasteiger partial charge in [-0.1, -0.05) is 46.1 Å². The third-order valence-corrected chi connectivity index (χ3v) is 8.30. The lowest BCUT2D eigenvalue weighted by molar-refractivity contribution is -0.143. The number of carbonyl (C=O) groups excluding carboxylic acids is 3. The molecule has 0 saturated heterocycles. The van der Waals surface area contributed by atoms with Crippen molar-refractivity contribution in [2.45, 2.75) is 102 Å². The number of aryl methyl sites for hydroxylation is 1. The largest absolute Gasteiger partial charge is 0.504 e. The van der Waals surface area contributed by atoms with Crippen molar-refractivity contribution >= 4 is 41.3 Å². The number of ether oxygens (including phenoxy) is 1. The van der Waals surface area contributed by atoms with Gasteiger partial charge in [-0.3, -0.25) is 19.2 Å². The Morgan fingerprint density at radius 3 is 2.28 bits per heavy atom. The van der Waals surface area contributed by atoms with Crippen LogP contribution in [-0.2, 0) is 30.4 Å². The highest BCUT2D eigenvalue weighted by Crippen LogP contribution is 2.28. The molecule has 0 aliphatic heterocycles. The first-order valence-corrected chi connectivity index (χ1v) is 15.6. The molecule has 0 fully saturated rings. The zero-order valence-electron chi connectivity index (χ0n) is 25.5. The third-order valence-electron chi connectivity index (χ3n) is 6.90. The van der Waals surface area contributed by atoms with Crippen LogP contribution in [0.5, 0.6) is 11.5 Å². The number of carboxylic acid groups (broad SMARTS) is 2. The molecule has 2 amide bonds. The number of hydrogen-bond donors (Lipinski definition) is 6. The number of thioether (sulfide) groups is 1. The Morgan fingerprint density at radius 2 is 1.70 bits per heavy atom. The quantitative estimate of drug-likeness (QED) is 0.103. The predicted octanol–water partition coefficient (Wildman–Crippen LogP) is 2.88. The molecule has 0 bridgehead atoms. The van der Waals surface area contributed by atoms with E-state index in [1.165, 1.54) is 24.9 Å². The van der Waals surface area contributed by atoms with E-state index in [4.69, 9.17) is 15.6 Å². The summed E-state index contributed by atoms with van der Waals surface area (Å²) in [6.45, 7) is 5.37. The maximum absolute atomic E-state index is 13.2. The average Bonchev–Trinajstić information content (AvgIpc) is 2.95. The number of unbranched alkanes of at least 4 members (excludes halogenated alkanes) is 2. The van der Waals surface area contributed by atoms with E-state index in [1.54, 1.807) is 26.0 Å². The van der Waals surface area contributed by atoms with Crippen LogP contribution in [0.25, 0.3) is 0 Å². The lowest BCUT2D eigenvalue weighted by Gasteiger charge is -2.25. The molecule has 0 spiro atoms. The van der Waals surface area contributed by atoms with Gasteiger partial charge in [-0.15, -0.1) is 0 Å². The predicted molar refractivity (Wildman–Crippen MR) is 164 cm³/mol. The molecule has 0 aromatic heterocycles. The average molecular weight is 626 g/mol. The molecule has 4 unspecified atom stereocenters. The van der Waals surface area contributed by atoms with E-state index in [1.807, 2.05) is 0 Å². The number of carbonyl (C=O) groups is 5. The molecule has 0 heterocycles. The monoisotopic (exact) mass is 625 g/mol. The molecular formula is C30H47N3O9S. The smallest absolute Gasteiger partial charge is 0.326 e. The van der Waals surface area contributed by atoms with Gasteiger partial charge in [0.25, 0.3) is 0 Å². The fraction of sp³-hybridized carbons (Fsp3) is 0.633. The lowest BCUT2D eigenvalue weighted by atomic mass is 10.0. The number of amides is 2. The molecule has 1 aromatic carbocycles. The molecule has 13 heteroatoms. The first-order valence-electron chi connectivity index (χ1n) is 14.6. The van der Waals surface area contributed by atoms with E-state index in [9.17, 15) is 34.2 Å². The summed E-state index contributed by atoms with van der Waals surface area (Å²) < 4.78 is 5.13. The summed E-state index contributed by atoms with van der Waals surface area (Å²) in [5, 5.41) is 33.3. The normalized spacial score (nSPS) is 13.9. The third kappa shape index (κ3) is 14.6. The van der Waals surface area contributed by atoms with Crippen LogP contribution >= 0.6 is 11.8 Å². The minimum atomic E-state index is -1.25. The number of methoxy groups -OCH3 is 1. The summed E-state index contributed by atoms with van der Waals surface area (Å²) in [4.78, 5) is 61.4. The Hall–Kier alpha value is -3.32. The van der Waals surface area contributed by atoms with Crippen LogP contribution < -0.4 is 21.1 Å². The van der Waals surface area contributed by atoms with Gasteiger partial charge in [0.05, 0.1) is 7.11 Å². The Kier molecular flexibility index (Phi) is 17.4. The fourth-order valence-electron chi connectivity index (χ4n) is 4.24. The van der Waals surface area contributed by atoms with E-state index in [0.717, 1.165) is 31.2 Å². The Labute approximate surface area is 257 Å². The number of hydrogen-bond acceptors (Lipinski definition) is 9. The fourth-order valence-corrected chi connectivity index (χ4v) is 5.58. The first kappa shape index (κ1) is 37.7. The van der Waals surface area contributed by atoms with Gasteiger partial charge in [-0.25, -0.2) is 4.79 Å². The zero-order valence-corrected chi connectivity index (χ0v) is 26.3. The lowest BCUT2D eigenvalue weighted by Crippen LogP contribution is -2.54. The molecule has 43 heavy (non-hydrogen) atoms. The highest BCUT2D eigenvalue weighted by atomic mass is 32.2. The molecule has 4 atom stereocenters. The van der Waals surface area contributed by atoms with Gasteiger partial charge >= 0.3 is 11.9 Å². The SMILES string of the molecule is CCCCCC(CC(=O)CCc1ccc(O)c(OC)c1)SCC(NC(=O)CCC(N)C(=O)O)C(=O)NC(C(=O)O)C(C)C. The minimum absolute atomic E-state index is 0.0171. The number of Topliss-reactive ketones (excluding diaryl/α,β-unsaturated/α-hetero) is 1. The van der Waals surface area contributed by atoms with Gasteiger partial charge in [0, 0.05) is 30.3 Å². The summed E-state index contributed by atoms with van der Waals surface area (Å²) in [6, 6.07) is 1.43. The maximum atomic E-state index is 13.2. The van der Waals surface area contributed by atoms with Crippen molar-refractivity contribution in [1.29, 1.82) is 0 Å². The van der Waals surface area contributed by atoms with Crippen molar-refractivity contribution in [1.82, 2.24) is 10.6 Å². The second-order valence-electron chi connectivity index (χ2n) is 10.9. The molecule has 242 valence electrons. The van der Waals surface area contributed by atoms with Gasteiger partial charge in [-0.05, 0) is 42.9 Å². The van der Waals surface area contributed by atoms with Crippen LogP contribution in [0.2, 0.25) is 0 Å². The number of phenolic OH excluding ortho intramolecular Hbond substituents is 1. The standard InChI is InChI=1S/C30H47N3O9S/c1-5-6-7-8-21(16-20(34)11-9-19-10-13-24(35)25(15-19)42-4)43-17-23(28(37)33-27(18(2)3)30(40)41)32-26(36)14-12-22(31)29(38)39/h10,13,15,18,21-23,27,35H,5-9,11-12,14,16-17,31H2,1-4H3,(H,32,36)(H,33,37)(H,38,39)(H,40,41). The second-order valence-corrected chi connectivity index (χ2v) is 12.2.